The number of nitrogens with one attached hydrogen (secondary N) is 2. The van der Waals surface area contributed by atoms with Gasteiger partial charge in [0.2, 0.25) is 11.8 Å². The molecule has 0 spiro atoms. The molecule has 0 aromatic heterocycles. The lowest BCUT2D eigenvalue weighted by Gasteiger charge is -2.30. The summed E-state index contributed by atoms with van der Waals surface area (Å²) < 4.78 is 0. The van der Waals surface area contributed by atoms with E-state index in [4.69, 9.17) is 18.0 Å². The fourth-order valence-electron chi connectivity index (χ4n) is 2.40. The SMILES string of the molecule is CCCC(CCC)(C(=O)NCC(=O)NC1CC1)C(N)=S. The molecule has 0 aliphatic heterocycles. The first-order chi connectivity index (χ1) is 9.46. The van der Waals surface area contributed by atoms with E-state index in [1.165, 1.54) is 0 Å². The van der Waals surface area contributed by atoms with Crippen LogP contribution in [0.2, 0.25) is 0 Å². The molecule has 1 rings (SSSR count). The minimum Gasteiger partial charge on any atom is -0.392 e. The smallest absolute Gasteiger partial charge is 0.239 e. The molecule has 0 aromatic rings. The number of hydrogen-bond donors (Lipinski definition) is 3. The predicted octanol–water partition coefficient (Wildman–Crippen LogP) is 1.25. The van der Waals surface area contributed by atoms with E-state index in [0.29, 0.717) is 18.9 Å². The van der Waals surface area contributed by atoms with E-state index < -0.39 is 5.41 Å². The molecule has 1 saturated carbocycles. The maximum atomic E-state index is 12.4. The highest BCUT2D eigenvalue weighted by Crippen LogP contribution is 2.30. The monoisotopic (exact) mass is 299 g/mol. The van der Waals surface area contributed by atoms with Crippen molar-refractivity contribution in [3.05, 3.63) is 0 Å². The van der Waals surface area contributed by atoms with Gasteiger partial charge in [0, 0.05) is 6.04 Å². The van der Waals surface area contributed by atoms with Crippen LogP contribution in [0.4, 0.5) is 0 Å². The van der Waals surface area contributed by atoms with Crippen LogP contribution in [0.3, 0.4) is 0 Å². The van der Waals surface area contributed by atoms with Gasteiger partial charge in [-0.25, -0.2) is 0 Å². The van der Waals surface area contributed by atoms with Gasteiger partial charge in [-0.1, -0.05) is 38.9 Å². The van der Waals surface area contributed by atoms with E-state index in [1.54, 1.807) is 0 Å². The molecule has 0 atom stereocenters. The number of hydrogen-bond acceptors (Lipinski definition) is 3. The fraction of sp³-hybridized carbons (Fsp3) is 0.786. The highest BCUT2D eigenvalue weighted by Gasteiger charge is 2.39. The minimum atomic E-state index is -0.821. The summed E-state index contributed by atoms with van der Waals surface area (Å²) in [5, 5.41) is 5.53. The second-order valence-corrected chi connectivity index (χ2v) is 5.91. The van der Waals surface area contributed by atoms with Crippen molar-refractivity contribution >= 4 is 29.0 Å². The number of carbonyl (C=O) groups excluding carboxylic acids is 2. The Bertz CT molecular complexity index is 375. The second kappa shape index (κ2) is 7.57. The van der Waals surface area contributed by atoms with Crippen LogP contribution >= 0.6 is 12.2 Å². The Morgan fingerprint density at radius 3 is 2.20 bits per heavy atom. The van der Waals surface area contributed by atoms with Gasteiger partial charge in [0.1, 0.15) is 0 Å². The average molecular weight is 299 g/mol. The number of rotatable bonds is 9. The Morgan fingerprint density at radius 2 is 1.80 bits per heavy atom. The molecular formula is C14H25N3O2S. The maximum absolute atomic E-state index is 12.4. The lowest BCUT2D eigenvalue weighted by molar-refractivity contribution is -0.131. The van der Waals surface area contributed by atoms with Crippen molar-refractivity contribution in [3.8, 4) is 0 Å². The third kappa shape index (κ3) is 4.44. The summed E-state index contributed by atoms with van der Waals surface area (Å²) in [6.45, 7) is 3.98. The van der Waals surface area contributed by atoms with Crippen molar-refractivity contribution < 1.29 is 9.59 Å². The van der Waals surface area contributed by atoms with Crippen LogP contribution in [0.25, 0.3) is 0 Å². The molecule has 0 heterocycles. The number of carbonyl (C=O) groups is 2. The van der Waals surface area contributed by atoms with Crippen LogP contribution in [0.15, 0.2) is 0 Å². The molecule has 20 heavy (non-hydrogen) atoms. The normalized spacial score (nSPS) is 14.7. The van der Waals surface area contributed by atoms with Crippen molar-refractivity contribution in [3.63, 3.8) is 0 Å². The summed E-state index contributed by atoms with van der Waals surface area (Å²) in [7, 11) is 0. The molecule has 6 heteroatoms. The summed E-state index contributed by atoms with van der Waals surface area (Å²) >= 11 is 5.11. The number of nitrogens with two attached hydrogens (primary N) is 1. The number of thiocarbonyl (C=S) groups is 1. The molecule has 0 saturated heterocycles. The molecule has 5 nitrogen and oxygen atoms in total. The molecule has 0 bridgehead atoms. The van der Waals surface area contributed by atoms with E-state index in [-0.39, 0.29) is 23.3 Å². The molecule has 2 amide bonds. The van der Waals surface area contributed by atoms with Gasteiger partial charge in [-0.3, -0.25) is 9.59 Å². The topological polar surface area (TPSA) is 84.2 Å². The quantitative estimate of drug-likeness (QED) is 0.560. The van der Waals surface area contributed by atoms with Crippen LogP contribution in [-0.4, -0.2) is 29.4 Å². The average Bonchev–Trinajstić information content (AvgIpc) is 3.19. The minimum absolute atomic E-state index is 0.00682. The lowest BCUT2D eigenvalue weighted by Crippen LogP contribution is -2.51. The molecule has 0 aromatic carbocycles. The highest BCUT2D eigenvalue weighted by molar-refractivity contribution is 7.80. The maximum Gasteiger partial charge on any atom is 0.239 e. The van der Waals surface area contributed by atoms with Crippen molar-refractivity contribution in [1.29, 1.82) is 0 Å². The Kier molecular flexibility index (Phi) is 6.39. The molecule has 1 aliphatic carbocycles. The molecule has 0 unspecified atom stereocenters. The van der Waals surface area contributed by atoms with Gasteiger partial charge < -0.3 is 16.4 Å². The molecule has 4 N–H and O–H groups in total. The van der Waals surface area contributed by atoms with Crippen molar-refractivity contribution in [2.45, 2.75) is 58.4 Å². The molecule has 1 aliphatic rings. The summed E-state index contributed by atoms with van der Waals surface area (Å²) in [5.41, 5.74) is 4.99. The number of amides is 2. The van der Waals surface area contributed by atoms with Crippen LogP contribution in [-0.2, 0) is 9.59 Å². The van der Waals surface area contributed by atoms with Gasteiger partial charge in [-0.2, -0.15) is 0 Å². The first-order valence-electron chi connectivity index (χ1n) is 7.33. The molecule has 1 fully saturated rings. The second-order valence-electron chi connectivity index (χ2n) is 5.47. The van der Waals surface area contributed by atoms with Gasteiger partial charge in [0.05, 0.1) is 16.9 Å². The molecule has 114 valence electrons. The zero-order valence-electron chi connectivity index (χ0n) is 12.3. The summed E-state index contributed by atoms with van der Waals surface area (Å²) in [4.78, 5) is 24.3. The lowest BCUT2D eigenvalue weighted by atomic mass is 9.78. The van der Waals surface area contributed by atoms with E-state index in [9.17, 15) is 9.59 Å². The standard InChI is InChI=1S/C14H25N3O2S/c1-3-7-14(8-4-2,12(15)20)13(19)16-9-11(18)17-10-5-6-10/h10H,3-9H2,1-2H3,(H2,15,20)(H,16,19)(H,17,18). The van der Waals surface area contributed by atoms with E-state index in [1.807, 2.05) is 13.8 Å². The van der Waals surface area contributed by atoms with Gasteiger partial charge in [-0.05, 0) is 25.7 Å². The Labute approximate surface area is 126 Å². The molecule has 0 radical (unpaired) electrons. The van der Waals surface area contributed by atoms with Crippen LogP contribution in [0.5, 0.6) is 0 Å². The van der Waals surface area contributed by atoms with Gasteiger partial charge in [0.15, 0.2) is 0 Å². The third-order valence-corrected chi connectivity index (χ3v) is 4.00. The third-order valence-electron chi connectivity index (χ3n) is 3.61. The summed E-state index contributed by atoms with van der Waals surface area (Å²) in [6.07, 6.45) is 4.93. The first-order valence-corrected chi connectivity index (χ1v) is 7.74. The Balaban J connectivity index is 2.61. The van der Waals surface area contributed by atoms with Crippen molar-refractivity contribution in [2.75, 3.05) is 6.54 Å². The van der Waals surface area contributed by atoms with E-state index >= 15 is 0 Å². The van der Waals surface area contributed by atoms with Crippen LogP contribution in [0, 0.1) is 5.41 Å². The zero-order valence-corrected chi connectivity index (χ0v) is 13.1. The van der Waals surface area contributed by atoms with Gasteiger partial charge in [0.25, 0.3) is 0 Å². The van der Waals surface area contributed by atoms with Crippen molar-refractivity contribution in [1.82, 2.24) is 10.6 Å². The Hall–Kier alpha value is -1.17. The fourth-order valence-corrected chi connectivity index (χ4v) is 2.70. The van der Waals surface area contributed by atoms with Gasteiger partial charge >= 0.3 is 0 Å². The van der Waals surface area contributed by atoms with Crippen molar-refractivity contribution in [2.24, 2.45) is 11.1 Å². The molecular weight excluding hydrogens is 274 g/mol. The van der Waals surface area contributed by atoms with Gasteiger partial charge in [-0.15, -0.1) is 0 Å². The highest BCUT2D eigenvalue weighted by atomic mass is 32.1. The summed E-state index contributed by atoms with van der Waals surface area (Å²) in [5.74, 6) is -0.370. The first kappa shape index (κ1) is 16.9. The largest absolute Gasteiger partial charge is 0.392 e. The van der Waals surface area contributed by atoms with Crippen LogP contribution in [0.1, 0.15) is 52.4 Å². The van der Waals surface area contributed by atoms with Crippen LogP contribution < -0.4 is 16.4 Å². The van der Waals surface area contributed by atoms with E-state index in [2.05, 4.69) is 10.6 Å². The zero-order chi connectivity index (χ0) is 15.2. The predicted molar refractivity (Wildman–Crippen MR) is 83.2 cm³/mol. The summed E-state index contributed by atoms with van der Waals surface area (Å²) in [6, 6.07) is 0.297. The van der Waals surface area contributed by atoms with E-state index in [0.717, 1.165) is 25.7 Å². The Morgan fingerprint density at radius 1 is 1.25 bits per heavy atom.